The van der Waals surface area contributed by atoms with Gasteiger partial charge in [0.2, 0.25) is 0 Å². The lowest BCUT2D eigenvalue weighted by Crippen LogP contribution is -2.52. The van der Waals surface area contributed by atoms with Gasteiger partial charge in [-0.05, 0) is 12.8 Å². The summed E-state index contributed by atoms with van der Waals surface area (Å²) in [6.45, 7) is 2.24. The Hall–Kier alpha value is -1.34. The molecule has 7 nitrogen and oxygen atoms in total. The monoisotopic (exact) mass is 300 g/mol. The number of likely N-dealkylation sites (tertiary alicyclic amines) is 1. The second-order valence-electron chi connectivity index (χ2n) is 6.07. The van der Waals surface area contributed by atoms with Gasteiger partial charge in [-0.15, -0.1) is 0 Å². The first-order valence-electron chi connectivity index (χ1n) is 7.44. The maximum atomic E-state index is 12.4. The zero-order chi connectivity index (χ0) is 15.5. The average Bonchev–Trinajstić information content (AvgIpc) is 2.46. The van der Waals surface area contributed by atoms with Crippen molar-refractivity contribution in [1.29, 1.82) is 0 Å². The molecule has 0 radical (unpaired) electrons. The molecule has 2 heterocycles. The van der Waals surface area contributed by atoms with E-state index in [2.05, 4.69) is 0 Å². The Labute approximate surface area is 124 Å². The molecule has 7 heteroatoms. The van der Waals surface area contributed by atoms with Crippen molar-refractivity contribution in [3.8, 4) is 0 Å². The molecule has 0 saturated carbocycles. The van der Waals surface area contributed by atoms with E-state index in [0.717, 1.165) is 0 Å². The summed E-state index contributed by atoms with van der Waals surface area (Å²) in [5.74, 6) is -1.13. The molecule has 2 amide bonds. The number of hydrogen-bond acceptors (Lipinski definition) is 4. The molecule has 2 N–H and O–H groups in total. The van der Waals surface area contributed by atoms with Crippen LogP contribution in [0.2, 0.25) is 0 Å². The third-order valence-electron chi connectivity index (χ3n) is 4.40. The van der Waals surface area contributed by atoms with Crippen molar-refractivity contribution in [2.24, 2.45) is 5.92 Å². The highest BCUT2D eigenvalue weighted by Crippen LogP contribution is 2.23. The average molecular weight is 300 g/mol. The lowest BCUT2D eigenvalue weighted by molar-refractivity contribution is -0.143. The summed E-state index contributed by atoms with van der Waals surface area (Å²) < 4.78 is 5.23. The van der Waals surface area contributed by atoms with E-state index >= 15 is 0 Å². The standard InChI is InChI=1S/C14H24N2O5/c1-15(10-14(20)4-8-21-9-5-14)13(19)16-6-2-11(3-7-16)12(17)18/h11,20H,2-10H2,1H3,(H,17,18). The number of carbonyl (C=O) groups is 2. The number of rotatable bonds is 3. The molecular formula is C14H24N2O5. The van der Waals surface area contributed by atoms with E-state index in [9.17, 15) is 14.7 Å². The lowest BCUT2D eigenvalue weighted by atomic mass is 9.94. The number of hydrogen-bond donors (Lipinski definition) is 2. The van der Waals surface area contributed by atoms with Gasteiger partial charge in [-0.3, -0.25) is 4.79 Å². The molecule has 0 unspecified atom stereocenters. The number of aliphatic hydroxyl groups is 1. The number of nitrogens with zero attached hydrogens (tertiary/aromatic N) is 2. The molecule has 2 rings (SSSR count). The SMILES string of the molecule is CN(CC1(O)CCOCC1)C(=O)N1CCC(C(=O)O)CC1. The fraction of sp³-hybridized carbons (Fsp3) is 0.857. The predicted molar refractivity (Wildman–Crippen MR) is 75.0 cm³/mol. The van der Waals surface area contributed by atoms with Crippen LogP contribution >= 0.6 is 0 Å². The minimum absolute atomic E-state index is 0.140. The van der Waals surface area contributed by atoms with Gasteiger partial charge < -0.3 is 24.7 Å². The summed E-state index contributed by atoms with van der Waals surface area (Å²) in [6, 6.07) is -0.140. The zero-order valence-electron chi connectivity index (χ0n) is 12.5. The summed E-state index contributed by atoms with van der Waals surface area (Å²) in [7, 11) is 1.68. The van der Waals surface area contributed by atoms with Crippen LogP contribution < -0.4 is 0 Å². The first kappa shape index (κ1) is 16.0. The number of carboxylic acids is 1. The number of urea groups is 1. The van der Waals surface area contributed by atoms with E-state index in [-0.39, 0.29) is 18.5 Å². The fourth-order valence-corrected chi connectivity index (χ4v) is 2.98. The number of piperidine rings is 1. The van der Waals surface area contributed by atoms with Crippen molar-refractivity contribution in [3.63, 3.8) is 0 Å². The predicted octanol–water partition coefficient (Wildman–Crippen LogP) is 0.376. The van der Waals surface area contributed by atoms with Crippen molar-refractivity contribution in [2.75, 3.05) is 39.9 Å². The van der Waals surface area contributed by atoms with Gasteiger partial charge in [0.05, 0.1) is 18.1 Å². The maximum Gasteiger partial charge on any atom is 0.319 e. The summed E-state index contributed by atoms with van der Waals surface area (Å²) in [5, 5.41) is 19.4. The van der Waals surface area contributed by atoms with Gasteiger partial charge in [-0.1, -0.05) is 0 Å². The van der Waals surface area contributed by atoms with E-state index < -0.39 is 11.6 Å². The molecule has 2 aliphatic heterocycles. The van der Waals surface area contributed by atoms with Crippen molar-refractivity contribution in [1.82, 2.24) is 9.80 Å². The molecule has 2 fully saturated rings. The number of amides is 2. The van der Waals surface area contributed by atoms with Crippen molar-refractivity contribution in [3.05, 3.63) is 0 Å². The van der Waals surface area contributed by atoms with Gasteiger partial charge in [0.25, 0.3) is 0 Å². The molecule has 2 saturated heterocycles. The van der Waals surface area contributed by atoms with E-state index in [1.54, 1.807) is 11.9 Å². The van der Waals surface area contributed by atoms with Crippen molar-refractivity contribution >= 4 is 12.0 Å². The number of ether oxygens (including phenoxy) is 1. The van der Waals surface area contributed by atoms with E-state index in [0.29, 0.717) is 52.0 Å². The van der Waals surface area contributed by atoms with Crippen LogP contribution in [0.5, 0.6) is 0 Å². The normalized spacial score (nSPS) is 22.9. The van der Waals surface area contributed by atoms with Crippen LogP contribution in [0.3, 0.4) is 0 Å². The Bertz CT molecular complexity index is 387. The highest BCUT2D eigenvalue weighted by atomic mass is 16.5. The van der Waals surface area contributed by atoms with E-state index in [1.807, 2.05) is 0 Å². The van der Waals surface area contributed by atoms with Crippen LogP contribution in [0, 0.1) is 5.92 Å². The molecule has 0 atom stereocenters. The minimum Gasteiger partial charge on any atom is -0.481 e. The molecule has 2 aliphatic rings. The second-order valence-corrected chi connectivity index (χ2v) is 6.07. The number of carbonyl (C=O) groups excluding carboxylic acids is 1. The zero-order valence-corrected chi connectivity index (χ0v) is 12.5. The topological polar surface area (TPSA) is 90.3 Å². The summed E-state index contributed by atoms with van der Waals surface area (Å²) in [4.78, 5) is 26.5. The Kier molecular flexibility index (Phi) is 5.05. The lowest BCUT2D eigenvalue weighted by Gasteiger charge is -2.38. The van der Waals surface area contributed by atoms with Crippen LogP contribution in [0.1, 0.15) is 25.7 Å². The molecule has 120 valence electrons. The van der Waals surface area contributed by atoms with Gasteiger partial charge >= 0.3 is 12.0 Å². The van der Waals surface area contributed by atoms with Gasteiger partial charge in [-0.2, -0.15) is 0 Å². The van der Waals surface area contributed by atoms with Gasteiger partial charge in [0, 0.05) is 46.2 Å². The highest BCUT2D eigenvalue weighted by Gasteiger charge is 2.34. The second kappa shape index (κ2) is 6.62. The largest absolute Gasteiger partial charge is 0.481 e. The summed E-state index contributed by atoms with van der Waals surface area (Å²) in [5.41, 5.74) is -0.873. The molecule has 0 aromatic carbocycles. The maximum absolute atomic E-state index is 12.4. The summed E-state index contributed by atoms with van der Waals surface area (Å²) in [6.07, 6.45) is 2.05. The fourth-order valence-electron chi connectivity index (χ4n) is 2.98. The molecular weight excluding hydrogens is 276 g/mol. The van der Waals surface area contributed by atoms with Crippen LogP contribution in [0.4, 0.5) is 4.79 Å². The molecule has 0 aromatic heterocycles. The first-order chi connectivity index (χ1) is 9.91. The Morgan fingerprint density at radius 3 is 2.38 bits per heavy atom. The minimum atomic E-state index is -0.873. The van der Waals surface area contributed by atoms with Crippen LogP contribution in [-0.4, -0.2) is 77.5 Å². The third-order valence-corrected chi connectivity index (χ3v) is 4.40. The Morgan fingerprint density at radius 2 is 1.86 bits per heavy atom. The number of likely N-dealkylation sites (N-methyl/N-ethyl adjacent to an activating group) is 1. The molecule has 0 aliphatic carbocycles. The van der Waals surface area contributed by atoms with E-state index in [1.165, 1.54) is 4.90 Å². The molecule has 0 bridgehead atoms. The number of aliphatic carboxylic acids is 1. The highest BCUT2D eigenvalue weighted by molar-refractivity contribution is 5.75. The quantitative estimate of drug-likeness (QED) is 0.786. The molecule has 21 heavy (non-hydrogen) atoms. The summed E-state index contributed by atoms with van der Waals surface area (Å²) >= 11 is 0. The smallest absolute Gasteiger partial charge is 0.319 e. The van der Waals surface area contributed by atoms with Gasteiger partial charge in [0.1, 0.15) is 0 Å². The Balaban J connectivity index is 1.84. The molecule has 0 aromatic rings. The molecule has 0 spiro atoms. The van der Waals surface area contributed by atoms with Crippen LogP contribution in [-0.2, 0) is 9.53 Å². The van der Waals surface area contributed by atoms with Crippen LogP contribution in [0.15, 0.2) is 0 Å². The first-order valence-corrected chi connectivity index (χ1v) is 7.44. The van der Waals surface area contributed by atoms with Gasteiger partial charge in [-0.25, -0.2) is 4.79 Å². The van der Waals surface area contributed by atoms with Crippen LogP contribution in [0.25, 0.3) is 0 Å². The third kappa shape index (κ3) is 4.07. The van der Waals surface area contributed by atoms with E-state index in [4.69, 9.17) is 9.84 Å². The van der Waals surface area contributed by atoms with Crippen molar-refractivity contribution < 1.29 is 24.5 Å². The Morgan fingerprint density at radius 1 is 1.29 bits per heavy atom. The van der Waals surface area contributed by atoms with Gasteiger partial charge in [0.15, 0.2) is 0 Å². The van der Waals surface area contributed by atoms with Crippen molar-refractivity contribution in [2.45, 2.75) is 31.3 Å². The number of carboxylic acid groups (broad SMARTS) is 1.